The van der Waals surface area contributed by atoms with E-state index in [-0.39, 0.29) is 29.6 Å². The fourth-order valence-corrected chi connectivity index (χ4v) is 5.94. The molecule has 2 heterocycles. The van der Waals surface area contributed by atoms with Crippen molar-refractivity contribution in [2.75, 3.05) is 5.75 Å². The Hall–Kier alpha value is -1.82. The van der Waals surface area contributed by atoms with E-state index in [4.69, 9.17) is 4.98 Å². The number of likely N-dealkylation sites (tertiary alicyclic amines) is 1. The maximum Gasteiger partial charge on any atom is 0.262 e. The highest BCUT2D eigenvalue weighted by Crippen LogP contribution is 2.31. The Morgan fingerprint density at radius 3 is 2.45 bits per heavy atom. The van der Waals surface area contributed by atoms with Gasteiger partial charge in [-0.05, 0) is 58.1 Å². The van der Waals surface area contributed by atoms with Gasteiger partial charge in [-0.2, -0.15) is 0 Å². The molecule has 5 nitrogen and oxygen atoms in total. The molecule has 1 amide bonds. The van der Waals surface area contributed by atoms with Crippen molar-refractivity contribution in [1.82, 2.24) is 14.5 Å². The van der Waals surface area contributed by atoms with Crippen LogP contribution >= 0.6 is 11.8 Å². The summed E-state index contributed by atoms with van der Waals surface area (Å²) in [7, 11) is 0. The SMILES string of the molecule is C[C@H]1CCC[C@H](C)N1C(=O)CSc1nc2ccccc2c(=O)n1C1CCCCC1. The van der Waals surface area contributed by atoms with Crippen LogP contribution in [0.2, 0.25) is 0 Å². The second-order valence-corrected chi connectivity index (χ2v) is 9.54. The van der Waals surface area contributed by atoms with Crippen molar-refractivity contribution in [2.45, 2.75) is 88.5 Å². The number of benzene rings is 1. The van der Waals surface area contributed by atoms with Crippen molar-refractivity contribution in [3.8, 4) is 0 Å². The summed E-state index contributed by atoms with van der Waals surface area (Å²) >= 11 is 1.44. The largest absolute Gasteiger partial charge is 0.337 e. The third-order valence-electron chi connectivity index (χ3n) is 6.52. The summed E-state index contributed by atoms with van der Waals surface area (Å²) in [5.41, 5.74) is 0.761. The van der Waals surface area contributed by atoms with E-state index >= 15 is 0 Å². The van der Waals surface area contributed by atoms with E-state index in [0.29, 0.717) is 16.3 Å². The lowest BCUT2D eigenvalue weighted by molar-refractivity contribution is -0.134. The number of carbonyl (C=O) groups excluding carboxylic acids is 1. The number of amides is 1. The number of hydrogen-bond acceptors (Lipinski definition) is 4. The molecule has 2 aliphatic rings. The maximum atomic E-state index is 13.3. The lowest BCUT2D eigenvalue weighted by Gasteiger charge is -2.39. The van der Waals surface area contributed by atoms with Gasteiger partial charge in [0.25, 0.3) is 5.56 Å². The van der Waals surface area contributed by atoms with Crippen LogP contribution in [-0.2, 0) is 4.79 Å². The molecule has 1 aromatic heterocycles. The van der Waals surface area contributed by atoms with Gasteiger partial charge in [0.05, 0.1) is 16.7 Å². The van der Waals surface area contributed by atoms with Gasteiger partial charge in [0.15, 0.2) is 5.16 Å². The van der Waals surface area contributed by atoms with E-state index in [1.807, 2.05) is 33.7 Å². The van der Waals surface area contributed by atoms with Crippen molar-refractivity contribution >= 4 is 28.6 Å². The molecule has 1 saturated carbocycles. The lowest BCUT2D eigenvalue weighted by atomic mass is 9.95. The summed E-state index contributed by atoms with van der Waals surface area (Å²) in [6.07, 6.45) is 8.89. The first-order chi connectivity index (χ1) is 14.1. The molecule has 1 saturated heterocycles. The molecule has 2 aromatic rings. The summed E-state index contributed by atoms with van der Waals surface area (Å²) in [5, 5.41) is 1.37. The van der Waals surface area contributed by atoms with E-state index < -0.39 is 0 Å². The van der Waals surface area contributed by atoms with Gasteiger partial charge >= 0.3 is 0 Å². The van der Waals surface area contributed by atoms with Crippen LogP contribution in [0.1, 0.15) is 71.3 Å². The Morgan fingerprint density at radius 2 is 1.72 bits per heavy atom. The van der Waals surface area contributed by atoms with Crippen LogP contribution < -0.4 is 5.56 Å². The van der Waals surface area contributed by atoms with E-state index in [2.05, 4.69) is 13.8 Å². The Morgan fingerprint density at radius 1 is 1.03 bits per heavy atom. The summed E-state index contributed by atoms with van der Waals surface area (Å²) < 4.78 is 1.89. The lowest BCUT2D eigenvalue weighted by Crippen LogP contribution is -2.48. The second-order valence-electron chi connectivity index (χ2n) is 8.60. The van der Waals surface area contributed by atoms with Gasteiger partial charge < -0.3 is 4.90 Å². The Balaban J connectivity index is 1.63. The predicted octanol–water partition coefficient (Wildman–Crippen LogP) is 4.78. The van der Waals surface area contributed by atoms with E-state index in [9.17, 15) is 9.59 Å². The van der Waals surface area contributed by atoms with E-state index in [1.54, 1.807) is 0 Å². The third kappa shape index (κ3) is 4.23. The van der Waals surface area contributed by atoms with Crippen LogP contribution in [0, 0.1) is 0 Å². The van der Waals surface area contributed by atoms with Crippen LogP contribution in [0.3, 0.4) is 0 Å². The normalized spacial score (nSPS) is 23.4. The van der Waals surface area contributed by atoms with Crippen LogP contribution in [0.25, 0.3) is 10.9 Å². The van der Waals surface area contributed by atoms with Crippen LogP contribution in [0.4, 0.5) is 0 Å². The highest BCUT2D eigenvalue weighted by molar-refractivity contribution is 7.99. The van der Waals surface area contributed by atoms with Crippen molar-refractivity contribution in [3.05, 3.63) is 34.6 Å². The minimum Gasteiger partial charge on any atom is -0.337 e. The summed E-state index contributed by atoms with van der Waals surface area (Å²) in [6.45, 7) is 4.29. The maximum absolute atomic E-state index is 13.3. The second kappa shape index (κ2) is 8.90. The molecule has 0 bridgehead atoms. The molecule has 1 aliphatic heterocycles. The van der Waals surface area contributed by atoms with Crippen LogP contribution in [0.15, 0.2) is 34.2 Å². The van der Waals surface area contributed by atoms with Gasteiger partial charge in [0.1, 0.15) is 0 Å². The molecule has 29 heavy (non-hydrogen) atoms. The first-order valence-corrected chi connectivity index (χ1v) is 12.0. The van der Waals surface area contributed by atoms with Gasteiger partial charge in [-0.25, -0.2) is 4.98 Å². The van der Waals surface area contributed by atoms with E-state index in [1.165, 1.54) is 24.6 Å². The summed E-state index contributed by atoms with van der Waals surface area (Å²) in [4.78, 5) is 33.2. The van der Waals surface area contributed by atoms with Gasteiger partial charge in [0, 0.05) is 18.1 Å². The number of hydrogen-bond donors (Lipinski definition) is 0. The van der Waals surface area contributed by atoms with E-state index in [0.717, 1.165) is 44.0 Å². The predicted molar refractivity (Wildman–Crippen MR) is 118 cm³/mol. The third-order valence-corrected chi connectivity index (χ3v) is 7.46. The van der Waals surface area contributed by atoms with Crippen molar-refractivity contribution < 1.29 is 4.79 Å². The zero-order chi connectivity index (χ0) is 20.4. The highest BCUT2D eigenvalue weighted by atomic mass is 32.2. The van der Waals surface area contributed by atoms with Gasteiger partial charge in [-0.15, -0.1) is 0 Å². The molecule has 0 unspecified atom stereocenters. The quantitative estimate of drug-likeness (QED) is 0.534. The van der Waals surface area contributed by atoms with Crippen molar-refractivity contribution in [3.63, 3.8) is 0 Å². The van der Waals surface area contributed by atoms with Crippen molar-refractivity contribution in [1.29, 1.82) is 0 Å². The number of aromatic nitrogens is 2. The number of piperidine rings is 1. The first-order valence-electron chi connectivity index (χ1n) is 11.0. The van der Waals surface area contributed by atoms with Crippen molar-refractivity contribution in [2.24, 2.45) is 0 Å². The fourth-order valence-electron chi connectivity index (χ4n) is 5.00. The Kier molecular flexibility index (Phi) is 6.28. The summed E-state index contributed by atoms with van der Waals surface area (Å²) in [5.74, 6) is 0.499. The zero-order valence-electron chi connectivity index (χ0n) is 17.5. The minimum absolute atomic E-state index is 0.0390. The highest BCUT2D eigenvalue weighted by Gasteiger charge is 2.29. The van der Waals surface area contributed by atoms with Gasteiger partial charge in [0.2, 0.25) is 5.91 Å². The summed E-state index contributed by atoms with van der Waals surface area (Å²) in [6, 6.07) is 8.33. The number of rotatable bonds is 4. The molecule has 0 radical (unpaired) electrons. The smallest absolute Gasteiger partial charge is 0.262 e. The fraction of sp³-hybridized carbons (Fsp3) is 0.609. The average molecular weight is 414 g/mol. The number of fused-ring (bicyclic) bond motifs is 1. The molecule has 2 atom stereocenters. The number of nitrogens with zero attached hydrogens (tertiary/aromatic N) is 3. The molecular weight excluding hydrogens is 382 g/mol. The topological polar surface area (TPSA) is 55.2 Å². The van der Waals surface area contributed by atoms with Gasteiger partial charge in [-0.3, -0.25) is 14.2 Å². The van der Waals surface area contributed by atoms with Crippen LogP contribution in [-0.4, -0.2) is 38.2 Å². The molecule has 1 aliphatic carbocycles. The first kappa shape index (κ1) is 20.5. The zero-order valence-corrected chi connectivity index (χ0v) is 18.3. The molecule has 156 valence electrons. The molecule has 4 rings (SSSR count). The molecule has 2 fully saturated rings. The number of carbonyl (C=O) groups is 1. The Labute approximate surface area is 176 Å². The monoisotopic (exact) mass is 413 g/mol. The number of thioether (sulfide) groups is 1. The number of para-hydroxylation sites is 1. The standard InChI is InChI=1S/C23H31N3O2S/c1-16-9-8-10-17(2)25(16)21(27)15-29-23-24-20-14-7-6-13-19(20)22(28)26(23)18-11-4-3-5-12-18/h6-7,13-14,16-18H,3-5,8-12,15H2,1-2H3/t16-,17-/m0/s1. The average Bonchev–Trinajstić information content (AvgIpc) is 2.73. The van der Waals surface area contributed by atoms with Crippen LogP contribution in [0.5, 0.6) is 0 Å². The molecule has 6 heteroatoms. The molecule has 1 aromatic carbocycles. The minimum atomic E-state index is 0.0390. The molecule has 0 N–H and O–H groups in total. The Bertz CT molecular complexity index is 925. The van der Waals surface area contributed by atoms with Gasteiger partial charge in [-0.1, -0.05) is 43.2 Å². The molecular formula is C23H31N3O2S. The molecule has 0 spiro atoms.